The lowest BCUT2D eigenvalue weighted by Gasteiger charge is -2.34. The van der Waals surface area contributed by atoms with Crippen LogP contribution < -0.4 is 15.8 Å². The van der Waals surface area contributed by atoms with Gasteiger partial charge < -0.3 is 14.8 Å². The van der Waals surface area contributed by atoms with Gasteiger partial charge >= 0.3 is 0 Å². The quantitative estimate of drug-likeness (QED) is 0.599. The first-order chi connectivity index (χ1) is 16.0. The van der Waals surface area contributed by atoms with Crippen LogP contribution in [0.1, 0.15) is 34.5 Å². The van der Waals surface area contributed by atoms with Crippen LogP contribution in [0.3, 0.4) is 0 Å². The number of pyridine rings is 1. The molecule has 1 aliphatic rings. The van der Waals surface area contributed by atoms with Crippen molar-refractivity contribution >= 4 is 11.9 Å². The fourth-order valence-electron chi connectivity index (χ4n) is 4.16. The lowest BCUT2D eigenvalue weighted by Crippen LogP contribution is -2.49. The molecule has 0 spiro atoms. The number of carbonyl (C=O) groups is 1. The Morgan fingerprint density at radius 2 is 1.73 bits per heavy atom. The van der Waals surface area contributed by atoms with E-state index >= 15 is 0 Å². The SMILES string of the molecule is Cc1ccn(C(C)c2ccccc2)c(=O)c1C(=O)NCCN1CCN(c2ncccn2)CC1. The van der Waals surface area contributed by atoms with Gasteiger partial charge in [0.1, 0.15) is 5.56 Å². The molecule has 0 saturated carbocycles. The summed E-state index contributed by atoms with van der Waals surface area (Å²) in [6.45, 7) is 8.43. The van der Waals surface area contributed by atoms with Crippen LogP contribution in [0.15, 0.2) is 65.8 Å². The van der Waals surface area contributed by atoms with Crippen molar-refractivity contribution in [1.82, 2.24) is 24.8 Å². The van der Waals surface area contributed by atoms with Gasteiger partial charge in [0.05, 0.1) is 6.04 Å². The molecule has 2 aromatic heterocycles. The number of carbonyl (C=O) groups excluding carboxylic acids is 1. The van der Waals surface area contributed by atoms with Crippen molar-refractivity contribution in [2.45, 2.75) is 19.9 Å². The Morgan fingerprint density at radius 1 is 1.03 bits per heavy atom. The largest absolute Gasteiger partial charge is 0.351 e. The van der Waals surface area contributed by atoms with Gasteiger partial charge in [0, 0.05) is 57.9 Å². The number of aromatic nitrogens is 3. The highest BCUT2D eigenvalue weighted by Gasteiger charge is 2.21. The first-order valence-electron chi connectivity index (χ1n) is 11.3. The van der Waals surface area contributed by atoms with Gasteiger partial charge in [-0.3, -0.25) is 14.5 Å². The average molecular weight is 447 g/mol. The summed E-state index contributed by atoms with van der Waals surface area (Å²) in [4.78, 5) is 39.1. The maximum atomic E-state index is 13.2. The number of anilines is 1. The molecule has 1 aliphatic heterocycles. The Balaban J connectivity index is 1.34. The maximum Gasteiger partial charge on any atom is 0.264 e. The molecule has 4 rings (SSSR count). The van der Waals surface area contributed by atoms with Crippen LogP contribution in [-0.2, 0) is 0 Å². The number of nitrogens with one attached hydrogen (secondary N) is 1. The summed E-state index contributed by atoms with van der Waals surface area (Å²) in [7, 11) is 0. The number of hydrogen-bond donors (Lipinski definition) is 1. The second-order valence-corrected chi connectivity index (χ2v) is 8.31. The van der Waals surface area contributed by atoms with Gasteiger partial charge in [-0.1, -0.05) is 30.3 Å². The van der Waals surface area contributed by atoms with Crippen molar-refractivity contribution in [1.29, 1.82) is 0 Å². The maximum absolute atomic E-state index is 13.2. The van der Waals surface area contributed by atoms with Crippen LogP contribution in [-0.4, -0.2) is 64.6 Å². The molecule has 1 N–H and O–H groups in total. The number of amides is 1. The normalized spacial score (nSPS) is 15.3. The number of rotatable bonds is 7. The van der Waals surface area contributed by atoms with Crippen molar-refractivity contribution in [3.63, 3.8) is 0 Å². The van der Waals surface area contributed by atoms with Crippen molar-refractivity contribution in [2.75, 3.05) is 44.2 Å². The predicted molar refractivity (Wildman–Crippen MR) is 129 cm³/mol. The van der Waals surface area contributed by atoms with Crippen molar-refractivity contribution < 1.29 is 4.79 Å². The van der Waals surface area contributed by atoms with Gasteiger partial charge in [0.15, 0.2) is 0 Å². The minimum atomic E-state index is -0.316. The molecule has 0 radical (unpaired) electrons. The average Bonchev–Trinajstić information content (AvgIpc) is 2.85. The third-order valence-electron chi connectivity index (χ3n) is 6.18. The molecule has 0 aliphatic carbocycles. The zero-order chi connectivity index (χ0) is 23.2. The van der Waals surface area contributed by atoms with E-state index in [-0.39, 0.29) is 23.1 Å². The van der Waals surface area contributed by atoms with E-state index in [0.29, 0.717) is 12.1 Å². The summed E-state index contributed by atoms with van der Waals surface area (Å²) >= 11 is 0. The zero-order valence-electron chi connectivity index (χ0n) is 19.1. The van der Waals surface area contributed by atoms with Gasteiger partial charge in [-0.25, -0.2) is 9.97 Å². The number of nitrogens with zero attached hydrogens (tertiary/aromatic N) is 5. The van der Waals surface area contributed by atoms with Crippen LogP contribution >= 0.6 is 0 Å². The van der Waals surface area contributed by atoms with E-state index in [1.54, 1.807) is 30.1 Å². The van der Waals surface area contributed by atoms with Crippen LogP contribution in [0.4, 0.5) is 5.95 Å². The number of aryl methyl sites for hydroxylation is 1. The molecule has 1 saturated heterocycles. The predicted octanol–water partition coefficient (Wildman–Crippen LogP) is 2.11. The van der Waals surface area contributed by atoms with E-state index < -0.39 is 0 Å². The van der Waals surface area contributed by atoms with Crippen LogP contribution in [0.25, 0.3) is 0 Å². The van der Waals surface area contributed by atoms with Gasteiger partial charge in [0.2, 0.25) is 5.95 Å². The highest BCUT2D eigenvalue weighted by Crippen LogP contribution is 2.16. The Morgan fingerprint density at radius 3 is 2.42 bits per heavy atom. The Labute approximate surface area is 193 Å². The molecule has 1 unspecified atom stereocenters. The Kier molecular flexibility index (Phi) is 7.14. The van der Waals surface area contributed by atoms with Crippen molar-refractivity contribution in [3.8, 4) is 0 Å². The van der Waals surface area contributed by atoms with Crippen LogP contribution in [0.5, 0.6) is 0 Å². The minimum absolute atomic E-state index is 0.157. The second-order valence-electron chi connectivity index (χ2n) is 8.31. The molecule has 0 bridgehead atoms. The molecule has 8 nitrogen and oxygen atoms in total. The summed E-state index contributed by atoms with van der Waals surface area (Å²) in [6, 6.07) is 13.3. The Hall–Kier alpha value is -3.52. The molecule has 3 heterocycles. The number of benzene rings is 1. The summed E-state index contributed by atoms with van der Waals surface area (Å²) in [5, 5.41) is 2.94. The van der Waals surface area contributed by atoms with Gasteiger partial charge in [-0.2, -0.15) is 0 Å². The van der Waals surface area contributed by atoms with Gasteiger partial charge in [-0.05, 0) is 37.1 Å². The first-order valence-corrected chi connectivity index (χ1v) is 11.3. The third kappa shape index (κ3) is 5.28. The highest BCUT2D eigenvalue weighted by molar-refractivity contribution is 5.95. The second kappa shape index (κ2) is 10.4. The summed E-state index contributed by atoms with van der Waals surface area (Å²) < 4.78 is 1.63. The summed E-state index contributed by atoms with van der Waals surface area (Å²) in [5.74, 6) is 0.439. The lowest BCUT2D eigenvalue weighted by atomic mass is 10.1. The summed E-state index contributed by atoms with van der Waals surface area (Å²) in [6.07, 6.45) is 5.27. The van der Waals surface area contributed by atoms with E-state index in [9.17, 15) is 9.59 Å². The molecule has 1 fully saturated rings. The molecular weight excluding hydrogens is 416 g/mol. The van der Waals surface area contributed by atoms with Crippen molar-refractivity contribution in [2.24, 2.45) is 0 Å². The number of hydrogen-bond acceptors (Lipinski definition) is 6. The molecule has 172 valence electrons. The first kappa shape index (κ1) is 22.7. The smallest absolute Gasteiger partial charge is 0.264 e. The molecule has 3 aromatic rings. The topological polar surface area (TPSA) is 83.4 Å². The van der Waals surface area contributed by atoms with Gasteiger partial charge in [0.25, 0.3) is 11.5 Å². The molecular formula is C25H30N6O2. The van der Waals surface area contributed by atoms with Gasteiger partial charge in [-0.15, -0.1) is 0 Å². The molecule has 1 aromatic carbocycles. The zero-order valence-corrected chi connectivity index (χ0v) is 19.1. The molecule has 1 amide bonds. The third-order valence-corrected chi connectivity index (χ3v) is 6.18. The molecule has 8 heteroatoms. The van der Waals surface area contributed by atoms with E-state index in [1.165, 1.54) is 0 Å². The fraction of sp³-hybridized carbons (Fsp3) is 0.360. The monoisotopic (exact) mass is 446 g/mol. The lowest BCUT2D eigenvalue weighted by molar-refractivity contribution is 0.0945. The number of piperazine rings is 1. The molecule has 33 heavy (non-hydrogen) atoms. The van der Waals surface area contributed by atoms with E-state index in [2.05, 4.69) is 25.1 Å². The molecule has 1 atom stereocenters. The minimum Gasteiger partial charge on any atom is -0.351 e. The highest BCUT2D eigenvalue weighted by atomic mass is 16.2. The standard InChI is InChI=1S/C25H30N6O2/c1-19-9-13-31(20(2)21-7-4-3-5-8-21)24(33)22(19)23(32)26-12-14-29-15-17-30(18-16-29)25-27-10-6-11-28-25/h3-11,13,20H,12,14-18H2,1-2H3,(H,26,32). The van der Waals surface area contributed by atoms with Crippen LogP contribution in [0.2, 0.25) is 0 Å². The van der Waals surface area contributed by atoms with E-state index in [1.807, 2.05) is 49.4 Å². The van der Waals surface area contributed by atoms with E-state index in [0.717, 1.165) is 44.2 Å². The van der Waals surface area contributed by atoms with E-state index in [4.69, 9.17) is 0 Å². The summed E-state index contributed by atoms with van der Waals surface area (Å²) in [5.41, 5.74) is 1.66. The Bertz CT molecular complexity index is 1120. The van der Waals surface area contributed by atoms with Crippen LogP contribution in [0, 0.1) is 6.92 Å². The fourth-order valence-corrected chi connectivity index (χ4v) is 4.16. The van der Waals surface area contributed by atoms with Crippen molar-refractivity contribution in [3.05, 3.63) is 88.1 Å².